The van der Waals surface area contributed by atoms with Crippen LogP contribution < -0.4 is 5.32 Å². The third-order valence-corrected chi connectivity index (χ3v) is 3.61. The summed E-state index contributed by atoms with van der Waals surface area (Å²) in [6.45, 7) is 2.02. The van der Waals surface area contributed by atoms with Gasteiger partial charge in [0.25, 0.3) is 0 Å². The van der Waals surface area contributed by atoms with Crippen molar-refractivity contribution in [3.8, 4) is 5.75 Å². The van der Waals surface area contributed by atoms with Crippen molar-refractivity contribution in [1.82, 2.24) is 5.32 Å². The number of aromatic hydroxyl groups is 1. The number of benzene rings is 2. The number of hydrogen-bond donors (Lipinski definition) is 2. The summed E-state index contributed by atoms with van der Waals surface area (Å²) in [6.07, 6.45) is 0.844. The Balaban J connectivity index is 1.77. The average Bonchev–Trinajstić information content (AvgIpc) is 2.57. The number of phenols is 1. The summed E-state index contributed by atoms with van der Waals surface area (Å²) in [5, 5.41) is 14.9. The molecule has 5 heteroatoms. The molecule has 2 N–H and O–H groups in total. The quantitative estimate of drug-likeness (QED) is 0.696. The number of aryl methyl sites for hydroxylation is 1. The highest BCUT2D eigenvalue weighted by molar-refractivity contribution is 5.89. The number of hydrogen-bond acceptors (Lipinski definition) is 4. The van der Waals surface area contributed by atoms with Crippen LogP contribution in [0.2, 0.25) is 0 Å². The van der Waals surface area contributed by atoms with E-state index in [0.717, 1.165) is 16.3 Å². The third kappa shape index (κ3) is 5.23. The van der Waals surface area contributed by atoms with Crippen molar-refractivity contribution in [2.45, 2.75) is 12.8 Å². The van der Waals surface area contributed by atoms with Crippen molar-refractivity contribution in [2.24, 2.45) is 0 Å². The van der Waals surface area contributed by atoms with E-state index in [2.05, 4.69) is 5.32 Å². The number of carbonyl (C=O) groups is 1. The molecule has 0 spiro atoms. The second-order valence-corrected chi connectivity index (χ2v) is 5.25. The monoisotopic (exact) mass is 317 g/mol. The van der Waals surface area contributed by atoms with Crippen LogP contribution in [0.15, 0.2) is 36.4 Å². The molecule has 0 aromatic heterocycles. The van der Waals surface area contributed by atoms with Gasteiger partial charge in [0.05, 0.1) is 19.8 Å². The first-order chi connectivity index (χ1) is 11.2. The van der Waals surface area contributed by atoms with E-state index in [4.69, 9.17) is 9.47 Å². The Kier molecular flexibility index (Phi) is 6.84. The number of amides is 1. The van der Waals surface area contributed by atoms with Gasteiger partial charge in [-0.15, -0.1) is 0 Å². The van der Waals surface area contributed by atoms with Crippen LogP contribution in [0.1, 0.15) is 12.0 Å². The summed E-state index contributed by atoms with van der Waals surface area (Å²) < 4.78 is 10.1. The molecule has 2 rings (SSSR count). The van der Waals surface area contributed by atoms with Gasteiger partial charge in [0.2, 0.25) is 5.91 Å². The second kappa shape index (κ2) is 9.12. The van der Waals surface area contributed by atoms with Gasteiger partial charge in [-0.3, -0.25) is 4.79 Å². The molecule has 0 aliphatic heterocycles. The molecule has 0 aliphatic carbocycles. The smallest absolute Gasteiger partial charge is 0.220 e. The van der Waals surface area contributed by atoms with E-state index in [9.17, 15) is 9.90 Å². The number of carbonyl (C=O) groups excluding carboxylic acids is 1. The molecule has 2 aromatic carbocycles. The second-order valence-electron chi connectivity index (χ2n) is 5.25. The molecule has 0 saturated heterocycles. The molecule has 0 bridgehead atoms. The van der Waals surface area contributed by atoms with Gasteiger partial charge >= 0.3 is 0 Å². The lowest BCUT2D eigenvalue weighted by atomic mass is 10.0. The number of phenolic OH excluding ortho intramolecular Hbond substituents is 1. The van der Waals surface area contributed by atoms with Crippen LogP contribution in [-0.4, -0.2) is 44.5 Å². The van der Waals surface area contributed by atoms with Gasteiger partial charge < -0.3 is 19.9 Å². The standard InChI is InChI=1S/C18H23NO4/c1-22-12-13-23-11-10-19-17(20)9-8-15-7-6-14-4-2-3-5-16(14)18(15)21/h2-7,21H,8-13H2,1H3,(H,19,20). The lowest BCUT2D eigenvalue weighted by molar-refractivity contribution is -0.121. The maximum atomic E-state index is 11.8. The van der Waals surface area contributed by atoms with Crippen LogP contribution in [-0.2, 0) is 20.7 Å². The maximum absolute atomic E-state index is 11.8. The Hall–Kier alpha value is -2.11. The highest BCUT2D eigenvalue weighted by Gasteiger charge is 2.08. The Morgan fingerprint density at radius 1 is 1.13 bits per heavy atom. The zero-order valence-electron chi connectivity index (χ0n) is 13.4. The fourth-order valence-electron chi connectivity index (χ4n) is 2.35. The van der Waals surface area contributed by atoms with Crippen LogP contribution in [0.5, 0.6) is 5.75 Å². The van der Waals surface area contributed by atoms with Crippen molar-refractivity contribution >= 4 is 16.7 Å². The van der Waals surface area contributed by atoms with Crippen molar-refractivity contribution < 1.29 is 19.4 Å². The van der Waals surface area contributed by atoms with E-state index in [-0.39, 0.29) is 11.7 Å². The summed E-state index contributed by atoms with van der Waals surface area (Å²) >= 11 is 0. The van der Waals surface area contributed by atoms with E-state index in [1.54, 1.807) is 7.11 Å². The normalized spacial score (nSPS) is 10.8. The molecular weight excluding hydrogens is 294 g/mol. The highest BCUT2D eigenvalue weighted by Crippen LogP contribution is 2.29. The number of methoxy groups -OCH3 is 1. The number of ether oxygens (including phenoxy) is 2. The van der Waals surface area contributed by atoms with Gasteiger partial charge in [-0.1, -0.05) is 36.4 Å². The number of fused-ring (bicyclic) bond motifs is 1. The minimum atomic E-state index is -0.0482. The number of rotatable bonds is 9. The molecule has 0 radical (unpaired) electrons. The topological polar surface area (TPSA) is 67.8 Å². The number of nitrogens with one attached hydrogen (secondary N) is 1. The van der Waals surface area contributed by atoms with E-state index >= 15 is 0 Å². The predicted molar refractivity (Wildman–Crippen MR) is 89.6 cm³/mol. The summed E-state index contributed by atoms with van der Waals surface area (Å²) in [4.78, 5) is 11.8. The predicted octanol–water partition coefficient (Wildman–Crippen LogP) is 2.26. The van der Waals surface area contributed by atoms with Crippen LogP contribution in [0.25, 0.3) is 10.8 Å². The summed E-state index contributed by atoms with van der Waals surface area (Å²) in [6, 6.07) is 11.5. The summed E-state index contributed by atoms with van der Waals surface area (Å²) in [5.41, 5.74) is 0.787. The van der Waals surface area contributed by atoms with Gasteiger partial charge in [0, 0.05) is 25.5 Å². The fraction of sp³-hybridized carbons (Fsp3) is 0.389. The first kappa shape index (κ1) is 17.2. The SMILES string of the molecule is COCCOCCNC(=O)CCc1ccc2ccccc2c1O. The van der Waals surface area contributed by atoms with Gasteiger partial charge in [-0.2, -0.15) is 0 Å². The molecule has 0 unspecified atom stereocenters. The molecule has 0 heterocycles. The lowest BCUT2D eigenvalue weighted by Crippen LogP contribution is -2.27. The molecule has 1 amide bonds. The molecule has 0 saturated carbocycles. The molecule has 23 heavy (non-hydrogen) atoms. The van der Waals surface area contributed by atoms with Crippen LogP contribution in [0.4, 0.5) is 0 Å². The summed E-state index contributed by atoms with van der Waals surface area (Å²) in [7, 11) is 1.62. The van der Waals surface area contributed by atoms with Gasteiger partial charge in [-0.05, 0) is 17.4 Å². The van der Waals surface area contributed by atoms with Crippen molar-refractivity contribution in [1.29, 1.82) is 0 Å². The lowest BCUT2D eigenvalue weighted by Gasteiger charge is -2.09. The molecule has 5 nitrogen and oxygen atoms in total. The van der Waals surface area contributed by atoms with Crippen LogP contribution in [0.3, 0.4) is 0 Å². The van der Waals surface area contributed by atoms with Crippen molar-refractivity contribution in [3.63, 3.8) is 0 Å². The average molecular weight is 317 g/mol. The maximum Gasteiger partial charge on any atom is 0.220 e. The Morgan fingerprint density at radius 2 is 1.96 bits per heavy atom. The van der Waals surface area contributed by atoms with Crippen molar-refractivity contribution in [3.05, 3.63) is 42.0 Å². The molecule has 0 aliphatic rings. The third-order valence-electron chi connectivity index (χ3n) is 3.61. The largest absolute Gasteiger partial charge is 0.507 e. The van der Waals surface area contributed by atoms with Crippen LogP contribution in [0, 0.1) is 0 Å². The van der Waals surface area contributed by atoms with E-state index in [0.29, 0.717) is 39.2 Å². The molecule has 0 atom stereocenters. The Labute approximate surface area is 136 Å². The Morgan fingerprint density at radius 3 is 2.78 bits per heavy atom. The van der Waals surface area contributed by atoms with Crippen LogP contribution >= 0.6 is 0 Å². The molecule has 0 fully saturated rings. The van der Waals surface area contributed by atoms with Gasteiger partial charge in [0.1, 0.15) is 5.75 Å². The fourth-order valence-corrected chi connectivity index (χ4v) is 2.35. The highest BCUT2D eigenvalue weighted by atomic mass is 16.5. The van der Waals surface area contributed by atoms with E-state index in [1.165, 1.54) is 0 Å². The molecular formula is C18H23NO4. The minimum Gasteiger partial charge on any atom is -0.507 e. The van der Waals surface area contributed by atoms with Crippen molar-refractivity contribution in [2.75, 3.05) is 33.5 Å². The van der Waals surface area contributed by atoms with E-state index in [1.807, 2.05) is 36.4 Å². The zero-order valence-corrected chi connectivity index (χ0v) is 13.4. The zero-order chi connectivity index (χ0) is 16.5. The van der Waals surface area contributed by atoms with E-state index < -0.39 is 0 Å². The molecule has 2 aromatic rings. The first-order valence-corrected chi connectivity index (χ1v) is 7.75. The van der Waals surface area contributed by atoms with Gasteiger partial charge in [-0.25, -0.2) is 0 Å². The Bertz CT molecular complexity index is 642. The molecule has 124 valence electrons. The first-order valence-electron chi connectivity index (χ1n) is 7.75. The van der Waals surface area contributed by atoms with Gasteiger partial charge in [0.15, 0.2) is 0 Å². The summed E-state index contributed by atoms with van der Waals surface area (Å²) in [5.74, 6) is 0.215. The minimum absolute atomic E-state index is 0.0482.